The number of quaternary nitrogens is 1. The second-order valence-electron chi connectivity index (χ2n) is 11.7. The molecule has 3 N–H and O–H groups in total. The fraction of sp³-hybridized carbons (Fsp3) is 0.469. The number of hydrogen-bond donors (Lipinski definition) is 2. The summed E-state index contributed by atoms with van der Waals surface area (Å²) in [5.74, 6) is 0.0846. The lowest BCUT2D eigenvalue weighted by molar-refractivity contribution is -1.16. The molecule has 41 heavy (non-hydrogen) atoms. The highest BCUT2D eigenvalue weighted by Crippen LogP contribution is 2.34. The second-order valence-corrected chi connectivity index (χ2v) is 13.2. The lowest BCUT2D eigenvalue weighted by Crippen LogP contribution is -2.62. The Kier molecular flexibility index (Phi) is 9.47. The third-order valence-electron chi connectivity index (χ3n) is 8.64. The van der Waals surface area contributed by atoms with Crippen LogP contribution >= 0.6 is 0 Å². The number of rotatable bonds is 15. The molecule has 2 aliphatic heterocycles. The Hall–Kier alpha value is -3.14. The number of fused-ring (bicyclic) bond motifs is 5. The van der Waals surface area contributed by atoms with Crippen LogP contribution in [0.5, 0.6) is 0 Å². The first-order valence-electron chi connectivity index (χ1n) is 15.1. The summed E-state index contributed by atoms with van der Waals surface area (Å²) in [4.78, 5) is 12.2. The lowest BCUT2D eigenvalue weighted by atomic mass is 10.1. The number of unbranched alkanes of at least 4 members (excludes halogenated alkanes) is 7. The maximum absolute atomic E-state index is 12.1. The van der Waals surface area contributed by atoms with E-state index in [1.807, 2.05) is 0 Å². The minimum absolute atomic E-state index is 0.0846. The van der Waals surface area contributed by atoms with Crippen LogP contribution in [0.15, 0.2) is 78.0 Å². The van der Waals surface area contributed by atoms with Crippen LogP contribution in [0.1, 0.15) is 81.0 Å². The predicted molar refractivity (Wildman–Crippen MR) is 156 cm³/mol. The van der Waals surface area contributed by atoms with E-state index < -0.39 is 10.0 Å². The molecule has 1 amide bonds. The van der Waals surface area contributed by atoms with Crippen molar-refractivity contribution in [1.29, 1.82) is 0 Å². The number of nitrogens with two attached hydrogens (primary N) is 1. The van der Waals surface area contributed by atoms with Crippen LogP contribution in [-0.4, -0.2) is 31.9 Å². The second kappa shape index (κ2) is 13.2. The summed E-state index contributed by atoms with van der Waals surface area (Å²) in [5.41, 5.74) is 3.84. The molecule has 0 aliphatic carbocycles. The molecule has 4 heterocycles. The Balaban J connectivity index is 0.918. The van der Waals surface area contributed by atoms with E-state index in [1.165, 1.54) is 68.6 Å². The predicted octanol–water partition coefficient (Wildman–Crippen LogP) is 3.63. The summed E-state index contributed by atoms with van der Waals surface area (Å²) in [7, 11) is -3.67. The van der Waals surface area contributed by atoms with Gasteiger partial charge in [-0.2, -0.15) is 4.48 Å². The molecule has 0 spiro atoms. The molecule has 0 radical (unpaired) electrons. The number of nitrogens with zero attached hydrogens (tertiary/aromatic N) is 3. The number of benzene rings is 1. The van der Waals surface area contributed by atoms with Crippen LogP contribution < -0.4 is 19.6 Å². The molecule has 0 bridgehead atoms. The average Bonchev–Trinajstić information content (AvgIpc) is 3.44. The molecule has 9 heteroatoms. The summed E-state index contributed by atoms with van der Waals surface area (Å²) in [6.07, 6.45) is 15.6. The third kappa shape index (κ3) is 7.20. The minimum Gasteiger partial charge on any atom is -0.356 e. The van der Waals surface area contributed by atoms with Crippen molar-refractivity contribution in [3.8, 4) is 0 Å². The van der Waals surface area contributed by atoms with Crippen LogP contribution in [0.25, 0.3) is 0 Å². The van der Waals surface area contributed by atoms with E-state index in [4.69, 9.17) is 5.14 Å². The first-order valence-corrected chi connectivity index (χ1v) is 16.6. The molecule has 8 nitrogen and oxygen atoms in total. The molecule has 1 aromatic carbocycles. The van der Waals surface area contributed by atoms with Crippen molar-refractivity contribution in [1.82, 2.24) is 5.32 Å². The van der Waals surface area contributed by atoms with Gasteiger partial charge in [-0.1, -0.05) is 53.4 Å². The molecule has 218 valence electrons. The Morgan fingerprint density at radius 1 is 0.805 bits per heavy atom. The van der Waals surface area contributed by atoms with Gasteiger partial charge in [0.25, 0.3) is 0 Å². The fourth-order valence-corrected chi connectivity index (χ4v) is 7.07. The van der Waals surface area contributed by atoms with E-state index in [-0.39, 0.29) is 10.8 Å². The summed E-state index contributed by atoms with van der Waals surface area (Å²) < 4.78 is 28.7. The van der Waals surface area contributed by atoms with Crippen molar-refractivity contribution >= 4 is 15.9 Å². The Morgan fingerprint density at radius 2 is 1.37 bits per heavy atom. The van der Waals surface area contributed by atoms with Gasteiger partial charge in [0.1, 0.15) is 0 Å². The SMILES string of the molecule is NS(=O)(=O)c1ccc(CCNC(=O)CCCCCCCCCC[N+]23Cc4cccc[n+]4C2[n+]2ccccc2C3)cc1. The van der Waals surface area contributed by atoms with Gasteiger partial charge < -0.3 is 5.32 Å². The zero-order valence-corrected chi connectivity index (χ0v) is 24.8. The summed E-state index contributed by atoms with van der Waals surface area (Å²) in [6.45, 7) is 3.97. The largest absolute Gasteiger partial charge is 0.484 e. The van der Waals surface area contributed by atoms with E-state index >= 15 is 0 Å². The Morgan fingerprint density at radius 3 is 1.95 bits per heavy atom. The molecule has 0 saturated carbocycles. The third-order valence-corrected chi connectivity index (χ3v) is 9.57. The van der Waals surface area contributed by atoms with Gasteiger partial charge in [0, 0.05) is 37.2 Å². The average molecular weight is 579 g/mol. The van der Waals surface area contributed by atoms with Gasteiger partial charge >= 0.3 is 6.29 Å². The first kappa shape index (κ1) is 29.4. The van der Waals surface area contributed by atoms with E-state index in [0.29, 0.717) is 25.7 Å². The van der Waals surface area contributed by atoms with Crippen LogP contribution in [0.4, 0.5) is 0 Å². The maximum Gasteiger partial charge on any atom is 0.484 e. The highest BCUT2D eigenvalue weighted by atomic mass is 32.2. The molecule has 0 fully saturated rings. The standard InChI is InChI=1S/C32H43N5O3S/c33-41(39,40)30-18-16-27(17-19-30)20-21-34-31(38)15-7-5-3-1-2-4-6-12-24-37-25-28-13-8-10-22-35(28)32(37)36-23-11-9-14-29(36)26-37/h8-11,13-14,16-19,22-23,32H,1-7,12,15,20-21,24-26H2,(H2-,33,34,38,39,40)/q+2/p+1. The van der Waals surface area contributed by atoms with Crippen LogP contribution in [0.3, 0.4) is 0 Å². The number of primary sulfonamides is 1. The van der Waals surface area contributed by atoms with Gasteiger partial charge in [-0.3, -0.25) is 4.79 Å². The maximum atomic E-state index is 12.1. The number of carbonyl (C=O) groups excluding carboxylic acids is 1. The highest BCUT2D eigenvalue weighted by Gasteiger charge is 2.63. The van der Waals surface area contributed by atoms with Crippen molar-refractivity contribution in [2.24, 2.45) is 5.14 Å². The number of sulfonamides is 1. The molecule has 0 unspecified atom stereocenters. The fourth-order valence-electron chi connectivity index (χ4n) is 6.55. The number of nitrogens with one attached hydrogen (secondary N) is 1. The zero-order chi connectivity index (χ0) is 28.7. The van der Waals surface area contributed by atoms with Crippen molar-refractivity contribution in [2.45, 2.75) is 88.5 Å². The lowest BCUT2D eigenvalue weighted by Gasteiger charge is -2.24. The summed E-state index contributed by atoms with van der Waals surface area (Å²) in [5, 5.41) is 8.09. The number of hydrogen-bond acceptors (Lipinski definition) is 3. The highest BCUT2D eigenvalue weighted by molar-refractivity contribution is 7.89. The number of aromatic nitrogens is 2. The molecule has 2 aromatic heterocycles. The number of amides is 1. The molecular formula is C32H44N5O3S+3. The van der Waals surface area contributed by atoms with Gasteiger partial charge in [-0.15, -0.1) is 0 Å². The topological polar surface area (TPSA) is 97.0 Å². The number of pyridine rings is 2. The van der Waals surface area contributed by atoms with Crippen molar-refractivity contribution in [3.63, 3.8) is 0 Å². The van der Waals surface area contributed by atoms with Gasteiger partial charge in [0.2, 0.25) is 27.3 Å². The Bertz CT molecular complexity index is 1390. The van der Waals surface area contributed by atoms with E-state index in [1.54, 1.807) is 12.1 Å². The molecule has 0 atom stereocenters. The zero-order valence-electron chi connectivity index (χ0n) is 24.0. The van der Waals surface area contributed by atoms with E-state index in [0.717, 1.165) is 36.0 Å². The molecule has 0 saturated heterocycles. The molecule has 2 aliphatic rings. The van der Waals surface area contributed by atoms with Gasteiger partial charge in [0.15, 0.2) is 25.5 Å². The Labute approximate surface area is 244 Å². The van der Waals surface area contributed by atoms with Gasteiger partial charge in [-0.05, 0) is 55.5 Å². The molecule has 5 rings (SSSR count). The summed E-state index contributed by atoms with van der Waals surface area (Å²) >= 11 is 0. The normalized spacial score (nSPS) is 19.0. The van der Waals surface area contributed by atoms with Crippen LogP contribution in [-0.2, 0) is 34.3 Å². The molecular weight excluding hydrogens is 534 g/mol. The number of carbonyl (C=O) groups is 1. The van der Waals surface area contributed by atoms with Crippen LogP contribution in [0, 0.1) is 0 Å². The molecule has 3 aromatic rings. The van der Waals surface area contributed by atoms with Crippen molar-refractivity contribution in [3.05, 3.63) is 90.0 Å². The van der Waals surface area contributed by atoms with Gasteiger partial charge in [0.05, 0.1) is 11.4 Å². The van der Waals surface area contributed by atoms with Crippen molar-refractivity contribution < 1.29 is 26.8 Å². The van der Waals surface area contributed by atoms with Gasteiger partial charge in [-0.25, -0.2) is 13.6 Å². The quantitative estimate of drug-likeness (QED) is 0.164. The smallest absolute Gasteiger partial charge is 0.356 e. The van der Waals surface area contributed by atoms with Crippen LogP contribution in [0.2, 0.25) is 0 Å². The minimum atomic E-state index is -3.67. The monoisotopic (exact) mass is 578 g/mol. The first-order chi connectivity index (χ1) is 19.9. The van der Waals surface area contributed by atoms with E-state index in [9.17, 15) is 13.2 Å². The van der Waals surface area contributed by atoms with E-state index in [2.05, 4.69) is 63.2 Å². The van der Waals surface area contributed by atoms with Crippen molar-refractivity contribution in [2.75, 3.05) is 13.1 Å². The summed E-state index contributed by atoms with van der Waals surface area (Å²) in [6, 6.07) is 19.7.